The minimum atomic E-state index is -0.867. The molecular formula is C23H31ClFN3O4. The van der Waals surface area contributed by atoms with Crippen molar-refractivity contribution in [2.24, 2.45) is 11.3 Å². The van der Waals surface area contributed by atoms with Crippen molar-refractivity contribution in [2.45, 2.75) is 52.1 Å². The van der Waals surface area contributed by atoms with Gasteiger partial charge in [0.2, 0.25) is 17.7 Å². The Hall–Kier alpha value is -2.45. The summed E-state index contributed by atoms with van der Waals surface area (Å²) in [7, 11) is 0. The van der Waals surface area contributed by atoms with Gasteiger partial charge in [-0.1, -0.05) is 38.4 Å². The highest BCUT2D eigenvalue weighted by Crippen LogP contribution is 2.22. The van der Waals surface area contributed by atoms with Crippen LogP contribution in [0.2, 0.25) is 5.02 Å². The van der Waals surface area contributed by atoms with Gasteiger partial charge in [-0.05, 0) is 42.9 Å². The largest absolute Gasteiger partial charge is 0.394 e. The first-order chi connectivity index (χ1) is 15.0. The van der Waals surface area contributed by atoms with Gasteiger partial charge in [-0.3, -0.25) is 14.4 Å². The third-order valence-electron chi connectivity index (χ3n) is 5.12. The van der Waals surface area contributed by atoms with Crippen LogP contribution in [0.15, 0.2) is 24.3 Å². The average Bonchev–Trinajstić information content (AvgIpc) is 3.09. The van der Waals surface area contributed by atoms with Crippen LogP contribution in [-0.2, 0) is 14.4 Å². The van der Waals surface area contributed by atoms with Gasteiger partial charge < -0.3 is 21.1 Å². The molecular weight excluding hydrogens is 437 g/mol. The number of benzene rings is 1. The molecule has 0 aliphatic carbocycles. The fourth-order valence-corrected chi connectivity index (χ4v) is 3.70. The number of nitrogens with one attached hydrogen (secondary N) is 3. The molecule has 0 radical (unpaired) electrons. The fraction of sp³-hybridized carbons (Fsp3) is 0.522. The number of carbonyl (C=O) groups is 3. The molecule has 9 heteroatoms. The first-order valence-electron chi connectivity index (χ1n) is 10.6. The second-order valence-electron chi connectivity index (χ2n) is 9.23. The van der Waals surface area contributed by atoms with Gasteiger partial charge in [0, 0.05) is 29.1 Å². The number of hydrogen-bond donors (Lipinski definition) is 4. The lowest BCUT2D eigenvalue weighted by atomic mass is 9.87. The molecule has 0 spiro atoms. The predicted molar refractivity (Wildman–Crippen MR) is 121 cm³/mol. The van der Waals surface area contributed by atoms with Gasteiger partial charge in [0.05, 0.1) is 12.6 Å². The molecule has 3 amide bonds. The highest BCUT2D eigenvalue weighted by Gasteiger charge is 2.31. The third-order valence-corrected chi connectivity index (χ3v) is 5.36. The van der Waals surface area contributed by atoms with E-state index in [1.807, 2.05) is 20.8 Å². The first kappa shape index (κ1) is 25.8. The van der Waals surface area contributed by atoms with Gasteiger partial charge in [0.25, 0.3) is 0 Å². The molecule has 1 heterocycles. The van der Waals surface area contributed by atoms with Crippen molar-refractivity contribution in [1.82, 2.24) is 16.0 Å². The van der Waals surface area contributed by atoms with Crippen molar-refractivity contribution in [3.8, 4) is 0 Å². The van der Waals surface area contributed by atoms with Crippen LogP contribution in [-0.4, -0.2) is 48.1 Å². The number of amides is 3. The van der Waals surface area contributed by atoms with Gasteiger partial charge in [0.1, 0.15) is 11.9 Å². The van der Waals surface area contributed by atoms with Gasteiger partial charge in [0.15, 0.2) is 0 Å². The fourth-order valence-electron chi connectivity index (χ4n) is 3.54. The predicted octanol–water partition coefficient (Wildman–Crippen LogP) is 2.42. The van der Waals surface area contributed by atoms with Gasteiger partial charge in [-0.25, -0.2) is 4.39 Å². The minimum absolute atomic E-state index is 0.0863. The van der Waals surface area contributed by atoms with Crippen LogP contribution in [0.4, 0.5) is 4.39 Å². The molecule has 1 aliphatic heterocycles. The highest BCUT2D eigenvalue weighted by atomic mass is 35.5. The Morgan fingerprint density at radius 2 is 2.06 bits per heavy atom. The summed E-state index contributed by atoms with van der Waals surface area (Å²) in [5.74, 6) is -1.92. The summed E-state index contributed by atoms with van der Waals surface area (Å²) in [6.07, 6.45) is 3.78. The topological polar surface area (TPSA) is 108 Å². The summed E-state index contributed by atoms with van der Waals surface area (Å²) in [6, 6.07) is 2.64. The maximum absolute atomic E-state index is 13.9. The van der Waals surface area contributed by atoms with Crippen LogP contribution >= 0.6 is 11.6 Å². The van der Waals surface area contributed by atoms with Crippen LogP contribution < -0.4 is 16.0 Å². The average molecular weight is 468 g/mol. The number of halogens is 2. The smallest absolute Gasteiger partial charge is 0.244 e. The Labute approximate surface area is 192 Å². The van der Waals surface area contributed by atoms with E-state index in [0.29, 0.717) is 25.8 Å². The van der Waals surface area contributed by atoms with E-state index in [0.717, 1.165) is 12.1 Å². The number of hydrogen-bond acceptors (Lipinski definition) is 4. The zero-order valence-corrected chi connectivity index (χ0v) is 19.3. The summed E-state index contributed by atoms with van der Waals surface area (Å²) in [6.45, 7) is 6.07. The number of aliphatic hydroxyl groups excluding tert-OH is 1. The Morgan fingerprint density at radius 3 is 2.62 bits per heavy atom. The summed E-state index contributed by atoms with van der Waals surface area (Å²) in [4.78, 5) is 37.2. The molecule has 1 aromatic carbocycles. The molecule has 2 rings (SSSR count). The third kappa shape index (κ3) is 8.24. The molecule has 1 saturated heterocycles. The Bertz CT molecular complexity index is 869. The zero-order valence-electron chi connectivity index (χ0n) is 18.6. The van der Waals surface area contributed by atoms with Crippen LogP contribution in [0.1, 0.15) is 45.6 Å². The highest BCUT2D eigenvalue weighted by molar-refractivity contribution is 6.30. The molecule has 0 bridgehead atoms. The normalized spacial score (nSPS) is 18.3. The van der Waals surface area contributed by atoms with E-state index in [-0.39, 0.29) is 34.4 Å². The molecule has 1 aromatic rings. The lowest BCUT2D eigenvalue weighted by Gasteiger charge is -2.28. The quantitative estimate of drug-likeness (QED) is 0.418. The van der Waals surface area contributed by atoms with Gasteiger partial charge >= 0.3 is 0 Å². The van der Waals surface area contributed by atoms with E-state index < -0.39 is 29.7 Å². The van der Waals surface area contributed by atoms with Crippen LogP contribution in [0.3, 0.4) is 0 Å². The zero-order chi connectivity index (χ0) is 23.9. The van der Waals surface area contributed by atoms with Gasteiger partial charge in [-0.2, -0.15) is 0 Å². The second kappa shape index (κ2) is 11.4. The second-order valence-corrected chi connectivity index (χ2v) is 9.66. The van der Waals surface area contributed by atoms with E-state index >= 15 is 0 Å². The molecule has 4 N–H and O–H groups in total. The molecule has 1 aliphatic rings. The summed E-state index contributed by atoms with van der Waals surface area (Å²) >= 11 is 5.73. The van der Waals surface area contributed by atoms with Crippen molar-refractivity contribution in [2.75, 3.05) is 13.2 Å². The number of rotatable bonds is 9. The molecule has 0 aromatic heterocycles. The van der Waals surface area contributed by atoms with Crippen molar-refractivity contribution >= 4 is 35.4 Å². The molecule has 7 nitrogen and oxygen atoms in total. The van der Waals surface area contributed by atoms with Crippen LogP contribution in [0.25, 0.3) is 6.08 Å². The van der Waals surface area contributed by atoms with E-state index in [1.165, 1.54) is 18.2 Å². The van der Waals surface area contributed by atoms with Crippen LogP contribution in [0, 0.1) is 17.2 Å². The first-order valence-corrected chi connectivity index (χ1v) is 11.0. The number of aliphatic hydroxyl groups is 1. The summed E-state index contributed by atoms with van der Waals surface area (Å²) in [5, 5.41) is 18.1. The number of carbonyl (C=O) groups excluding carboxylic acids is 3. The van der Waals surface area contributed by atoms with Gasteiger partial charge in [-0.15, -0.1) is 0 Å². The Kier molecular flexibility index (Phi) is 9.21. The molecule has 1 fully saturated rings. The summed E-state index contributed by atoms with van der Waals surface area (Å²) < 4.78 is 13.9. The standard InChI is InChI=1S/C23H31ClFN3O4/c1-23(2,3)12-19(22(32)27-17(13-29)10-15-8-9-26-21(15)31)28-20(30)7-5-14-4-6-16(24)11-18(14)25/h4-7,11,15,17,19,29H,8-10,12-13H2,1-3H3,(H,26,31)(H,27,32)(H,28,30)/b7-5+/t15-,17-,19-/m0/s1. The molecule has 0 unspecified atom stereocenters. The van der Waals surface area contributed by atoms with E-state index in [2.05, 4.69) is 16.0 Å². The monoisotopic (exact) mass is 467 g/mol. The van der Waals surface area contributed by atoms with Crippen molar-refractivity contribution in [3.05, 3.63) is 40.7 Å². The summed E-state index contributed by atoms with van der Waals surface area (Å²) in [5.41, 5.74) is -0.0852. The molecule has 0 saturated carbocycles. The maximum Gasteiger partial charge on any atom is 0.244 e. The van der Waals surface area contributed by atoms with E-state index in [4.69, 9.17) is 11.6 Å². The van der Waals surface area contributed by atoms with E-state index in [9.17, 15) is 23.9 Å². The molecule has 32 heavy (non-hydrogen) atoms. The maximum atomic E-state index is 13.9. The van der Waals surface area contributed by atoms with Crippen molar-refractivity contribution < 1.29 is 23.9 Å². The van der Waals surface area contributed by atoms with E-state index in [1.54, 1.807) is 0 Å². The van der Waals surface area contributed by atoms with Crippen molar-refractivity contribution in [1.29, 1.82) is 0 Å². The van der Waals surface area contributed by atoms with Crippen LogP contribution in [0.5, 0.6) is 0 Å². The molecule has 176 valence electrons. The Morgan fingerprint density at radius 1 is 1.34 bits per heavy atom. The lowest BCUT2D eigenvalue weighted by Crippen LogP contribution is -2.52. The Balaban J connectivity index is 2.05. The molecule has 3 atom stereocenters. The van der Waals surface area contributed by atoms with Crippen molar-refractivity contribution in [3.63, 3.8) is 0 Å². The SMILES string of the molecule is CC(C)(C)C[C@H](NC(=O)/C=C/c1ccc(Cl)cc1F)C(=O)N[C@H](CO)C[C@@H]1CCNC1=O. The lowest BCUT2D eigenvalue weighted by molar-refractivity contribution is -0.129. The minimum Gasteiger partial charge on any atom is -0.394 e.